The van der Waals surface area contributed by atoms with Crippen molar-refractivity contribution < 1.29 is 22.6 Å². The van der Waals surface area contributed by atoms with Gasteiger partial charge in [0.2, 0.25) is 5.82 Å². The summed E-state index contributed by atoms with van der Waals surface area (Å²) in [5, 5.41) is 0. The predicted octanol–water partition coefficient (Wildman–Crippen LogP) is 11.6. The zero-order chi connectivity index (χ0) is 29.7. The van der Waals surface area contributed by atoms with Crippen LogP contribution in [0.5, 0.6) is 5.75 Å². The van der Waals surface area contributed by atoms with Crippen LogP contribution >= 0.6 is 0 Å². The Balaban J connectivity index is 1.33. The first-order chi connectivity index (χ1) is 20.5. The van der Waals surface area contributed by atoms with Crippen molar-refractivity contribution in [3.8, 4) is 28.0 Å². The standard InChI is InChI=1S/C37H47F3O2/c1-3-5-7-9-11-13-27-14-22-34(42-26-27)30-19-20-31(33(38)25-30)28-15-17-29(18-16-28)32-21-23-35(37(40)36(32)39)41-24-12-10-8-6-4-2/h15-21,23,25,27,34H,3-14,22,24,26H2,1-2H3. The molecular weight excluding hydrogens is 533 g/mol. The van der Waals surface area contributed by atoms with Gasteiger partial charge >= 0.3 is 0 Å². The number of halogens is 3. The molecule has 3 aromatic carbocycles. The molecule has 3 aromatic rings. The molecule has 42 heavy (non-hydrogen) atoms. The number of ether oxygens (including phenoxy) is 2. The lowest BCUT2D eigenvalue weighted by atomic mass is 9.90. The van der Waals surface area contributed by atoms with Gasteiger partial charge < -0.3 is 9.47 Å². The zero-order valence-corrected chi connectivity index (χ0v) is 25.4. The van der Waals surface area contributed by atoms with Crippen LogP contribution in [-0.2, 0) is 4.74 Å². The highest BCUT2D eigenvalue weighted by atomic mass is 19.2. The van der Waals surface area contributed by atoms with Crippen molar-refractivity contribution >= 4 is 0 Å². The second kappa shape index (κ2) is 16.7. The minimum absolute atomic E-state index is 0.0644. The molecule has 1 fully saturated rings. The maximum Gasteiger partial charge on any atom is 0.201 e. The molecule has 5 heteroatoms. The lowest BCUT2D eigenvalue weighted by Gasteiger charge is -2.29. The van der Waals surface area contributed by atoms with Crippen molar-refractivity contribution in [1.29, 1.82) is 0 Å². The minimum Gasteiger partial charge on any atom is -0.490 e. The highest BCUT2D eigenvalue weighted by Crippen LogP contribution is 2.36. The number of benzene rings is 3. The van der Waals surface area contributed by atoms with Gasteiger partial charge in [-0.05, 0) is 66.5 Å². The van der Waals surface area contributed by atoms with E-state index in [1.165, 1.54) is 57.1 Å². The van der Waals surface area contributed by atoms with E-state index in [0.29, 0.717) is 29.2 Å². The highest BCUT2D eigenvalue weighted by molar-refractivity contribution is 5.71. The van der Waals surface area contributed by atoms with E-state index in [2.05, 4.69) is 13.8 Å². The van der Waals surface area contributed by atoms with Crippen molar-refractivity contribution in [3.63, 3.8) is 0 Å². The molecule has 1 saturated heterocycles. The van der Waals surface area contributed by atoms with E-state index >= 15 is 4.39 Å². The van der Waals surface area contributed by atoms with Gasteiger partial charge in [0.1, 0.15) is 5.82 Å². The van der Waals surface area contributed by atoms with Crippen LogP contribution in [0.1, 0.15) is 109 Å². The molecule has 0 radical (unpaired) electrons. The Morgan fingerprint density at radius 2 is 1.33 bits per heavy atom. The van der Waals surface area contributed by atoms with Gasteiger partial charge in [0.05, 0.1) is 19.3 Å². The fraction of sp³-hybridized carbons (Fsp3) is 0.514. The summed E-state index contributed by atoms with van der Waals surface area (Å²) in [5.74, 6) is -1.68. The van der Waals surface area contributed by atoms with Crippen molar-refractivity contribution in [2.24, 2.45) is 5.92 Å². The summed E-state index contributed by atoms with van der Waals surface area (Å²) in [6.07, 6.45) is 14.9. The summed E-state index contributed by atoms with van der Waals surface area (Å²) in [4.78, 5) is 0. The summed E-state index contributed by atoms with van der Waals surface area (Å²) in [6, 6.07) is 15.2. The molecular formula is C37H47F3O2. The van der Waals surface area contributed by atoms with E-state index in [1.807, 2.05) is 6.07 Å². The van der Waals surface area contributed by atoms with Crippen molar-refractivity contribution in [2.45, 2.75) is 103 Å². The summed E-state index contributed by atoms with van der Waals surface area (Å²) in [6.45, 7) is 5.49. The first kappa shape index (κ1) is 32.1. The normalized spacial score (nSPS) is 17.0. The Morgan fingerprint density at radius 1 is 0.690 bits per heavy atom. The highest BCUT2D eigenvalue weighted by Gasteiger charge is 2.24. The van der Waals surface area contributed by atoms with Crippen LogP contribution in [0.4, 0.5) is 13.2 Å². The molecule has 0 N–H and O–H groups in total. The van der Waals surface area contributed by atoms with Crippen LogP contribution in [0.15, 0.2) is 54.6 Å². The second-order valence-electron chi connectivity index (χ2n) is 11.8. The van der Waals surface area contributed by atoms with Crippen molar-refractivity contribution in [1.82, 2.24) is 0 Å². The first-order valence-electron chi connectivity index (χ1n) is 16.1. The number of rotatable bonds is 16. The molecule has 1 aliphatic rings. The number of hydrogen-bond acceptors (Lipinski definition) is 2. The maximum atomic E-state index is 15.2. The van der Waals surface area contributed by atoms with Gasteiger partial charge in [-0.3, -0.25) is 0 Å². The van der Waals surface area contributed by atoms with Crippen LogP contribution in [0.25, 0.3) is 22.3 Å². The van der Waals surface area contributed by atoms with E-state index in [4.69, 9.17) is 9.47 Å². The SMILES string of the molecule is CCCCCCCOc1ccc(-c2ccc(-c3ccc(C4CCC(CCCCCCC)CO4)cc3F)cc2)c(F)c1F. The Kier molecular flexibility index (Phi) is 12.8. The molecule has 0 aliphatic carbocycles. The molecule has 2 atom stereocenters. The zero-order valence-electron chi connectivity index (χ0n) is 25.4. The summed E-state index contributed by atoms with van der Waals surface area (Å²) >= 11 is 0. The van der Waals surface area contributed by atoms with E-state index < -0.39 is 11.6 Å². The largest absolute Gasteiger partial charge is 0.490 e. The average Bonchev–Trinajstić information content (AvgIpc) is 3.01. The van der Waals surface area contributed by atoms with Gasteiger partial charge in [-0.15, -0.1) is 0 Å². The maximum absolute atomic E-state index is 15.2. The van der Waals surface area contributed by atoms with Crippen LogP contribution < -0.4 is 4.74 Å². The number of hydrogen-bond donors (Lipinski definition) is 0. The molecule has 2 unspecified atom stereocenters. The third kappa shape index (κ3) is 8.86. The van der Waals surface area contributed by atoms with Gasteiger partial charge in [0.15, 0.2) is 11.6 Å². The Hall–Kier alpha value is -2.79. The quantitative estimate of drug-likeness (QED) is 0.157. The Labute approximate surface area is 250 Å². The molecule has 228 valence electrons. The molecule has 0 amide bonds. The van der Waals surface area contributed by atoms with Gasteiger partial charge in [-0.25, -0.2) is 8.78 Å². The van der Waals surface area contributed by atoms with E-state index in [-0.39, 0.29) is 23.2 Å². The fourth-order valence-electron chi connectivity index (χ4n) is 5.88. The lowest BCUT2D eigenvalue weighted by molar-refractivity contribution is -0.0200. The van der Waals surface area contributed by atoms with Crippen LogP contribution in [0, 0.1) is 23.4 Å². The van der Waals surface area contributed by atoms with Crippen LogP contribution in [0.2, 0.25) is 0 Å². The van der Waals surface area contributed by atoms with Crippen molar-refractivity contribution in [2.75, 3.05) is 13.2 Å². The molecule has 0 saturated carbocycles. The van der Waals surface area contributed by atoms with E-state index in [0.717, 1.165) is 50.7 Å². The molecule has 1 aliphatic heterocycles. The van der Waals surface area contributed by atoms with Crippen molar-refractivity contribution in [3.05, 3.63) is 77.6 Å². The third-order valence-corrected chi connectivity index (χ3v) is 8.51. The summed E-state index contributed by atoms with van der Waals surface area (Å²) in [5.41, 5.74) is 2.70. The van der Waals surface area contributed by atoms with Gasteiger partial charge in [-0.2, -0.15) is 4.39 Å². The summed E-state index contributed by atoms with van der Waals surface area (Å²) < 4.78 is 56.5. The minimum atomic E-state index is -0.977. The Morgan fingerprint density at radius 3 is 1.98 bits per heavy atom. The fourth-order valence-corrected chi connectivity index (χ4v) is 5.88. The smallest absolute Gasteiger partial charge is 0.201 e. The van der Waals surface area contributed by atoms with Crippen LogP contribution in [0.3, 0.4) is 0 Å². The molecule has 1 heterocycles. The predicted molar refractivity (Wildman–Crippen MR) is 166 cm³/mol. The number of unbranched alkanes of at least 4 members (excludes halogenated alkanes) is 8. The van der Waals surface area contributed by atoms with Gasteiger partial charge in [0, 0.05) is 11.1 Å². The first-order valence-corrected chi connectivity index (χ1v) is 16.1. The summed E-state index contributed by atoms with van der Waals surface area (Å²) in [7, 11) is 0. The second-order valence-corrected chi connectivity index (χ2v) is 11.8. The topological polar surface area (TPSA) is 18.5 Å². The van der Waals surface area contributed by atoms with Gasteiger partial charge in [0.25, 0.3) is 0 Å². The van der Waals surface area contributed by atoms with E-state index in [9.17, 15) is 8.78 Å². The molecule has 4 rings (SSSR count). The lowest BCUT2D eigenvalue weighted by Crippen LogP contribution is -2.20. The Bertz CT molecular complexity index is 1230. The third-order valence-electron chi connectivity index (χ3n) is 8.51. The molecule has 0 bridgehead atoms. The molecule has 2 nitrogen and oxygen atoms in total. The van der Waals surface area contributed by atoms with Crippen LogP contribution in [-0.4, -0.2) is 13.2 Å². The van der Waals surface area contributed by atoms with Gasteiger partial charge in [-0.1, -0.05) is 108 Å². The van der Waals surface area contributed by atoms with E-state index in [1.54, 1.807) is 36.4 Å². The molecule has 0 spiro atoms. The monoisotopic (exact) mass is 580 g/mol. The average molecular weight is 581 g/mol. The molecule has 0 aromatic heterocycles.